The van der Waals surface area contributed by atoms with Crippen molar-refractivity contribution in [3.05, 3.63) is 23.8 Å². The zero-order valence-corrected chi connectivity index (χ0v) is 10.2. The molecule has 1 rings (SSSR count). The first-order chi connectivity index (χ1) is 5.86. The Labute approximate surface area is 96.8 Å². The molecule has 0 aromatic carbocycles. The van der Waals surface area contributed by atoms with Crippen LogP contribution in [0.5, 0.6) is 0 Å². The van der Waals surface area contributed by atoms with E-state index in [1.807, 2.05) is 0 Å². The van der Waals surface area contributed by atoms with Gasteiger partial charge in [0.1, 0.15) is 0 Å². The molecule has 0 saturated carbocycles. The Bertz CT molecular complexity index is 181. The van der Waals surface area contributed by atoms with Gasteiger partial charge in [-0.05, 0) is 26.1 Å². The molecule has 0 saturated heterocycles. The Morgan fingerprint density at radius 3 is 2.54 bits per heavy atom. The van der Waals surface area contributed by atoms with Crippen LogP contribution < -0.4 is 0 Å². The summed E-state index contributed by atoms with van der Waals surface area (Å²) in [7, 11) is 0. The molecular weight excluding hydrogens is 194 g/mol. The van der Waals surface area contributed by atoms with Crippen LogP contribution in [0.2, 0.25) is 0 Å². The van der Waals surface area contributed by atoms with Gasteiger partial charge in [0.25, 0.3) is 0 Å². The fourth-order valence-electron chi connectivity index (χ4n) is 1.44. The van der Waals surface area contributed by atoms with Crippen molar-refractivity contribution >= 4 is 0 Å². The second-order valence-electron chi connectivity index (χ2n) is 3.09. The average Bonchev–Trinajstić information content (AvgIpc) is 2.59. The normalized spacial score (nSPS) is 14.5. The molecule has 0 heterocycles. The fraction of sp³-hybridized carbons (Fsp3) is 0.636. The van der Waals surface area contributed by atoms with Crippen LogP contribution >= 0.6 is 0 Å². The van der Waals surface area contributed by atoms with E-state index < -0.39 is 0 Å². The van der Waals surface area contributed by atoms with E-state index in [2.05, 4.69) is 37.0 Å². The van der Waals surface area contributed by atoms with E-state index in [9.17, 15) is 0 Å². The van der Waals surface area contributed by atoms with Gasteiger partial charge in [-0.15, -0.1) is 6.42 Å². The van der Waals surface area contributed by atoms with Crippen LogP contribution in [-0.4, -0.2) is 24.5 Å². The first-order valence-electron chi connectivity index (χ1n) is 4.85. The predicted molar refractivity (Wildman–Crippen MR) is 52.9 cm³/mol. The molecule has 1 aliphatic rings. The summed E-state index contributed by atoms with van der Waals surface area (Å²) in [6.45, 7) is 7.93. The van der Waals surface area contributed by atoms with Crippen molar-refractivity contribution in [2.24, 2.45) is 0 Å². The second kappa shape index (κ2) is 7.55. The molecule has 1 nitrogen and oxygen atoms in total. The molecule has 0 aliphatic heterocycles. The third-order valence-electron chi connectivity index (χ3n) is 2.36. The number of hydrogen-bond acceptors (Lipinski definition) is 1. The zero-order chi connectivity index (χ0) is 8.81. The van der Waals surface area contributed by atoms with Crippen LogP contribution in [0.1, 0.15) is 26.7 Å². The van der Waals surface area contributed by atoms with Crippen LogP contribution in [0, 0.1) is 6.08 Å². The number of nitrogens with zero attached hydrogens (tertiary/aromatic N) is 1. The molecule has 0 aromatic heterocycles. The fourth-order valence-corrected chi connectivity index (χ4v) is 1.44. The summed E-state index contributed by atoms with van der Waals surface area (Å²) in [5.74, 6) is 0. The topological polar surface area (TPSA) is 3.24 Å². The standard InChI is InChI=1S/C11H18N.Ti/c1-3-12(4-2)10-9-11-7-5-6-8-11;/h5,7H,3-4,6,9-10H2,1-2H3;/q-1;. The molecule has 0 aromatic rings. The van der Waals surface area contributed by atoms with Gasteiger partial charge in [0.15, 0.2) is 0 Å². The molecule has 0 bridgehead atoms. The van der Waals surface area contributed by atoms with Gasteiger partial charge in [0.05, 0.1) is 0 Å². The second-order valence-corrected chi connectivity index (χ2v) is 3.09. The van der Waals surface area contributed by atoms with E-state index in [0.717, 1.165) is 25.9 Å². The number of hydrogen-bond donors (Lipinski definition) is 0. The van der Waals surface area contributed by atoms with Gasteiger partial charge < -0.3 is 4.90 Å². The third kappa shape index (κ3) is 4.80. The Morgan fingerprint density at radius 1 is 1.38 bits per heavy atom. The third-order valence-corrected chi connectivity index (χ3v) is 2.36. The molecule has 0 N–H and O–H groups in total. The molecular formula is C11H18NTi-. The van der Waals surface area contributed by atoms with Crippen molar-refractivity contribution in [3.8, 4) is 0 Å². The van der Waals surface area contributed by atoms with E-state index in [1.54, 1.807) is 0 Å². The van der Waals surface area contributed by atoms with Crippen LogP contribution in [0.25, 0.3) is 0 Å². The Kier molecular flexibility index (Phi) is 7.64. The van der Waals surface area contributed by atoms with Crippen molar-refractivity contribution in [2.45, 2.75) is 26.7 Å². The summed E-state index contributed by atoms with van der Waals surface area (Å²) in [5.41, 5.74) is 1.39. The van der Waals surface area contributed by atoms with E-state index in [4.69, 9.17) is 0 Å². The number of allylic oxidation sites excluding steroid dienone is 3. The first-order valence-corrected chi connectivity index (χ1v) is 4.85. The van der Waals surface area contributed by atoms with Gasteiger partial charge in [-0.1, -0.05) is 13.8 Å². The Balaban J connectivity index is 0.00000144. The summed E-state index contributed by atoms with van der Waals surface area (Å²) in [6.07, 6.45) is 9.90. The summed E-state index contributed by atoms with van der Waals surface area (Å²) >= 11 is 0. The van der Waals surface area contributed by atoms with Crippen molar-refractivity contribution in [1.29, 1.82) is 0 Å². The SMILES string of the molecule is CCN(CC)CCC1=[C-]CC=C1.[Ti]. The molecule has 13 heavy (non-hydrogen) atoms. The molecule has 0 spiro atoms. The number of rotatable bonds is 5. The van der Waals surface area contributed by atoms with Crippen molar-refractivity contribution < 1.29 is 21.7 Å². The zero-order valence-electron chi connectivity index (χ0n) is 8.64. The van der Waals surface area contributed by atoms with Gasteiger partial charge in [-0.25, -0.2) is 11.6 Å². The maximum absolute atomic E-state index is 3.34. The minimum atomic E-state index is 0. The van der Waals surface area contributed by atoms with Crippen molar-refractivity contribution in [2.75, 3.05) is 19.6 Å². The van der Waals surface area contributed by atoms with E-state index >= 15 is 0 Å². The van der Waals surface area contributed by atoms with E-state index in [-0.39, 0.29) is 21.7 Å². The summed E-state index contributed by atoms with van der Waals surface area (Å²) in [4.78, 5) is 2.45. The predicted octanol–water partition coefficient (Wildman–Crippen LogP) is 2.41. The van der Waals surface area contributed by atoms with Crippen LogP contribution in [0.3, 0.4) is 0 Å². The summed E-state index contributed by atoms with van der Waals surface area (Å²) < 4.78 is 0. The molecule has 0 fully saturated rings. The minimum absolute atomic E-state index is 0. The van der Waals surface area contributed by atoms with Gasteiger partial charge in [0, 0.05) is 21.7 Å². The van der Waals surface area contributed by atoms with Gasteiger partial charge in [0.2, 0.25) is 0 Å². The quantitative estimate of drug-likeness (QED) is 0.499. The van der Waals surface area contributed by atoms with Crippen LogP contribution in [0.4, 0.5) is 0 Å². The largest absolute Gasteiger partial charge is 0.304 e. The Morgan fingerprint density at radius 2 is 2.08 bits per heavy atom. The van der Waals surface area contributed by atoms with Crippen molar-refractivity contribution in [1.82, 2.24) is 4.90 Å². The Hall–Kier alpha value is 0.154. The van der Waals surface area contributed by atoms with Gasteiger partial charge in [-0.3, -0.25) is 6.08 Å². The monoisotopic (exact) mass is 212 g/mol. The molecule has 1 aliphatic carbocycles. The minimum Gasteiger partial charge on any atom is -0.304 e. The molecule has 72 valence electrons. The smallest absolute Gasteiger partial charge is 0 e. The molecule has 0 unspecified atom stereocenters. The van der Waals surface area contributed by atoms with Crippen molar-refractivity contribution in [3.63, 3.8) is 0 Å². The maximum atomic E-state index is 3.34. The van der Waals surface area contributed by atoms with Gasteiger partial charge >= 0.3 is 0 Å². The van der Waals surface area contributed by atoms with Crippen LogP contribution in [0.15, 0.2) is 17.7 Å². The summed E-state index contributed by atoms with van der Waals surface area (Å²) in [5, 5.41) is 0. The van der Waals surface area contributed by atoms with E-state index in [0.29, 0.717) is 0 Å². The molecule has 0 amide bonds. The van der Waals surface area contributed by atoms with E-state index in [1.165, 1.54) is 12.1 Å². The molecule has 0 radical (unpaired) electrons. The first kappa shape index (κ1) is 13.2. The molecule has 2 heteroatoms. The summed E-state index contributed by atoms with van der Waals surface area (Å²) in [6, 6.07) is 0. The average molecular weight is 212 g/mol. The van der Waals surface area contributed by atoms with Gasteiger partial charge in [-0.2, -0.15) is 6.08 Å². The molecule has 0 atom stereocenters. The maximum Gasteiger partial charge on any atom is 0 e. The van der Waals surface area contributed by atoms with Crippen LogP contribution in [-0.2, 0) is 21.7 Å².